The molecular weight excluding hydrogens is 284 g/mol. The Morgan fingerprint density at radius 1 is 1.30 bits per heavy atom. The zero-order valence-electron chi connectivity index (χ0n) is 13.6. The van der Waals surface area contributed by atoms with Crippen LogP contribution in [0.15, 0.2) is 30.5 Å². The summed E-state index contributed by atoms with van der Waals surface area (Å²) >= 11 is 0. The topological polar surface area (TPSA) is 42.0 Å². The summed E-state index contributed by atoms with van der Waals surface area (Å²) in [6.07, 6.45) is 12.9. The third-order valence-electron chi connectivity index (χ3n) is 5.03. The molecule has 0 unspecified atom stereocenters. The molecule has 3 heteroatoms. The van der Waals surface area contributed by atoms with Crippen LogP contribution in [0.2, 0.25) is 0 Å². The number of fused-ring (bicyclic) bond motifs is 1. The molecule has 1 amide bonds. The highest BCUT2D eigenvalue weighted by atomic mass is 16.2. The molecule has 0 aliphatic heterocycles. The number of pyridine rings is 1. The van der Waals surface area contributed by atoms with Crippen LogP contribution in [0.25, 0.3) is 10.9 Å². The number of hydrogen-bond donors (Lipinski definition) is 1. The van der Waals surface area contributed by atoms with Crippen LogP contribution in [0, 0.1) is 24.7 Å². The molecule has 1 aliphatic rings. The second-order valence-electron chi connectivity index (χ2n) is 6.49. The molecule has 3 nitrogen and oxygen atoms in total. The number of benzene rings is 1. The molecule has 3 rings (SSSR count). The number of para-hydroxylation sites is 1. The van der Waals surface area contributed by atoms with Crippen LogP contribution in [0.3, 0.4) is 0 Å². The molecule has 1 aromatic heterocycles. The Balaban J connectivity index is 1.90. The molecule has 1 heterocycles. The van der Waals surface area contributed by atoms with E-state index in [1.165, 1.54) is 6.42 Å². The number of aromatic nitrogens is 1. The zero-order valence-corrected chi connectivity index (χ0v) is 13.6. The summed E-state index contributed by atoms with van der Waals surface area (Å²) in [5, 5.41) is 4.17. The van der Waals surface area contributed by atoms with E-state index in [0.717, 1.165) is 47.8 Å². The average Bonchev–Trinajstić information content (AvgIpc) is 2.58. The maximum Gasteiger partial charge on any atom is 0.231 e. The van der Waals surface area contributed by atoms with Gasteiger partial charge in [-0.3, -0.25) is 9.78 Å². The fraction of sp³-hybridized carbons (Fsp3) is 0.400. The summed E-state index contributed by atoms with van der Waals surface area (Å²) in [5.41, 5.74) is 2.37. The Bertz CT molecular complexity index is 767. The van der Waals surface area contributed by atoms with Crippen molar-refractivity contribution in [2.24, 2.45) is 5.41 Å². The number of rotatable bonds is 3. The normalized spacial score (nSPS) is 16.7. The minimum absolute atomic E-state index is 0.0512. The minimum Gasteiger partial charge on any atom is -0.324 e. The van der Waals surface area contributed by atoms with E-state index in [-0.39, 0.29) is 5.91 Å². The van der Waals surface area contributed by atoms with Gasteiger partial charge in [-0.2, -0.15) is 0 Å². The number of carbonyl (C=O) groups excluding carboxylic acids is 1. The molecule has 23 heavy (non-hydrogen) atoms. The van der Waals surface area contributed by atoms with Crippen molar-refractivity contribution in [1.82, 2.24) is 4.98 Å². The van der Waals surface area contributed by atoms with Gasteiger partial charge < -0.3 is 5.32 Å². The molecule has 1 N–H and O–H groups in total. The highest BCUT2D eigenvalue weighted by Gasteiger charge is 2.38. The van der Waals surface area contributed by atoms with Gasteiger partial charge in [0, 0.05) is 11.8 Å². The van der Waals surface area contributed by atoms with Crippen molar-refractivity contribution in [3.63, 3.8) is 0 Å². The van der Waals surface area contributed by atoms with Gasteiger partial charge in [0.05, 0.1) is 22.8 Å². The first kappa shape index (κ1) is 15.6. The van der Waals surface area contributed by atoms with E-state index < -0.39 is 5.41 Å². The van der Waals surface area contributed by atoms with Crippen molar-refractivity contribution in [2.75, 3.05) is 5.32 Å². The molecule has 1 saturated carbocycles. The number of carbonyl (C=O) groups is 1. The lowest BCUT2D eigenvalue weighted by Crippen LogP contribution is -2.38. The van der Waals surface area contributed by atoms with Gasteiger partial charge in [-0.05, 0) is 31.4 Å². The van der Waals surface area contributed by atoms with E-state index >= 15 is 0 Å². The van der Waals surface area contributed by atoms with Crippen LogP contribution >= 0.6 is 0 Å². The van der Waals surface area contributed by atoms with Gasteiger partial charge in [0.25, 0.3) is 0 Å². The van der Waals surface area contributed by atoms with E-state index in [0.29, 0.717) is 6.42 Å². The first-order chi connectivity index (χ1) is 11.2. The van der Waals surface area contributed by atoms with Crippen molar-refractivity contribution < 1.29 is 4.79 Å². The third kappa shape index (κ3) is 2.94. The van der Waals surface area contributed by atoms with Crippen molar-refractivity contribution in [3.8, 4) is 12.3 Å². The standard InChI is InChI=1S/C20H22N2O/c1-3-11-20(12-7-4-8-13-20)19(23)22-18-14-21-17-10-6-5-9-16(17)15(18)2/h1,5-6,9-10,14H,4,7-8,11-13H2,2H3,(H,22,23). The first-order valence-corrected chi connectivity index (χ1v) is 8.25. The van der Waals surface area contributed by atoms with Gasteiger partial charge in [-0.25, -0.2) is 0 Å². The van der Waals surface area contributed by atoms with Crippen LogP contribution in [0.4, 0.5) is 5.69 Å². The zero-order chi connectivity index (χ0) is 16.3. The van der Waals surface area contributed by atoms with Gasteiger partial charge in [0.2, 0.25) is 5.91 Å². The Morgan fingerprint density at radius 3 is 2.78 bits per heavy atom. The summed E-state index contributed by atoms with van der Waals surface area (Å²) in [4.78, 5) is 17.4. The van der Waals surface area contributed by atoms with Gasteiger partial charge in [0.15, 0.2) is 0 Å². The summed E-state index contributed by atoms with van der Waals surface area (Å²) in [6, 6.07) is 7.97. The minimum atomic E-state index is -0.412. The number of aryl methyl sites for hydroxylation is 1. The van der Waals surface area contributed by atoms with Crippen LogP contribution < -0.4 is 5.32 Å². The predicted octanol–water partition coefficient (Wildman–Crippen LogP) is 4.46. The lowest BCUT2D eigenvalue weighted by atomic mass is 9.71. The van der Waals surface area contributed by atoms with E-state index in [4.69, 9.17) is 6.42 Å². The summed E-state index contributed by atoms with van der Waals surface area (Å²) in [5.74, 6) is 2.76. The molecule has 1 fully saturated rings. The largest absolute Gasteiger partial charge is 0.324 e. The Morgan fingerprint density at radius 2 is 2.04 bits per heavy atom. The quantitative estimate of drug-likeness (QED) is 0.851. The van der Waals surface area contributed by atoms with Crippen molar-refractivity contribution in [1.29, 1.82) is 0 Å². The van der Waals surface area contributed by atoms with Crippen LogP contribution in [-0.2, 0) is 4.79 Å². The van der Waals surface area contributed by atoms with E-state index in [2.05, 4.69) is 16.2 Å². The highest BCUT2D eigenvalue weighted by molar-refractivity contribution is 5.98. The average molecular weight is 306 g/mol. The molecule has 0 radical (unpaired) electrons. The van der Waals surface area contributed by atoms with Gasteiger partial charge >= 0.3 is 0 Å². The number of nitrogens with zero attached hydrogens (tertiary/aromatic N) is 1. The van der Waals surface area contributed by atoms with E-state index in [9.17, 15) is 4.79 Å². The lowest BCUT2D eigenvalue weighted by Gasteiger charge is -2.34. The Labute approximate surface area is 137 Å². The molecular formula is C20H22N2O. The van der Waals surface area contributed by atoms with Crippen molar-refractivity contribution in [2.45, 2.75) is 45.4 Å². The number of hydrogen-bond acceptors (Lipinski definition) is 2. The predicted molar refractivity (Wildman–Crippen MR) is 94.1 cm³/mol. The third-order valence-corrected chi connectivity index (χ3v) is 5.03. The highest BCUT2D eigenvalue weighted by Crippen LogP contribution is 2.40. The summed E-state index contributed by atoms with van der Waals surface area (Å²) in [6.45, 7) is 2.02. The fourth-order valence-corrected chi connectivity index (χ4v) is 3.57. The van der Waals surface area contributed by atoms with Gasteiger partial charge in [0.1, 0.15) is 0 Å². The van der Waals surface area contributed by atoms with Crippen LogP contribution in [0.1, 0.15) is 44.1 Å². The maximum absolute atomic E-state index is 12.9. The number of anilines is 1. The molecule has 1 aliphatic carbocycles. The van der Waals surface area contributed by atoms with E-state index in [1.54, 1.807) is 6.20 Å². The fourth-order valence-electron chi connectivity index (χ4n) is 3.57. The summed E-state index contributed by atoms with van der Waals surface area (Å²) < 4.78 is 0. The molecule has 0 spiro atoms. The number of terminal acetylenes is 1. The summed E-state index contributed by atoms with van der Waals surface area (Å²) in [7, 11) is 0. The maximum atomic E-state index is 12.9. The van der Waals surface area contributed by atoms with Crippen LogP contribution in [0.5, 0.6) is 0 Å². The number of nitrogens with one attached hydrogen (secondary N) is 1. The van der Waals surface area contributed by atoms with E-state index in [1.807, 2.05) is 31.2 Å². The molecule has 2 aromatic rings. The molecule has 0 saturated heterocycles. The van der Waals surface area contributed by atoms with Crippen molar-refractivity contribution >= 4 is 22.5 Å². The van der Waals surface area contributed by atoms with Crippen LogP contribution in [-0.4, -0.2) is 10.9 Å². The molecule has 118 valence electrons. The van der Waals surface area contributed by atoms with Crippen molar-refractivity contribution in [3.05, 3.63) is 36.0 Å². The monoisotopic (exact) mass is 306 g/mol. The molecule has 0 bridgehead atoms. The SMILES string of the molecule is C#CCC1(C(=O)Nc2cnc3ccccc3c2C)CCCCC1. The number of amides is 1. The first-order valence-electron chi connectivity index (χ1n) is 8.25. The second-order valence-corrected chi connectivity index (χ2v) is 6.49. The van der Waals surface area contributed by atoms with Gasteiger partial charge in [-0.15, -0.1) is 12.3 Å². The lowest BCUT2D eigenvalue weighted by molar-refractivity contribution is -0.127. The smallest absolute Gasteiger partial charge is 0.231 e. The Hall–Kier alpha value is -2.34. The Kier molecular flexibility index (Phi) is 4.34. The molecule has 0 atom stereocenters. The van der Waals surface area contributed by atoms with Gasteiger partial charge in [-0.1, -0.05) is 37.5 Å². The second kappa shape index (κ2) is 6.42. The molecule has 1 aromatic carbocycles.